The number of halogens is 1. The summed E-state index contributed by atoms with van der Waals surface area (Å²) in [6, 6.07) is 10.9. The van der Waals surface area contributed by atoms with Crippen molar-refractivity contribution >= 4 is 29.9 Å². The average molecular weight is 559 g/mol. The Morgan fingerprint density at radius 2 is 1.88 bits per heavy atom. The van der Waals surface area contributed by atoms with Gasteiger partial charge in [-0.2, -0.15) is 0 Å². The second-order valence-corrected chi connectivity index (χ2v) is 8.98. The van der Waals surface area contributed by atoms with Crippen LogP contribution in [-0.4, -0.2) is 81.7 Å². The third kappa shape index (κ3) is 6.56. The zero-order chi connectivity index (χ0) is 21.5. The van der Waals surface area contributed by atoms with Gasteiger partial charge in [0, 0.05) is 58.1 Å². The molecule has 3 saturated heterocycles. The van der Waals surface area contributed by atoms with Crippen molar-refractivity contribution in [3.8, 4) is 0 Å². The number of morpholine rings is 1. The molecule has 0 bridgehead atoms. The molecule has 0 aromatic heterocycles. The molecule has 0 spiro atoms. The first-order chi connectivity index (χ1) is 15.2. The Labute approximate surface area is 209 Å². The standard InChI is InChI=1S/C24H38N4O3.HI/c1-19(20-7-4-3-5-8-20)27-24(10-14-29-15-11-24)18-26-23(25-2)28-12-16-31-22(17-28)21-9-6-13-30-21;/h3-5,7-8,19,21-22,27H,6,9-18H2,1-2H3,(H,25,26);1H. The summed E-state index contributed by atoms with van der Waals surface area (Å²) >= 11 is 0. The van der Waals surface area contributed by atoms with E-state index in [0.29, 0.717) is 6.61 Å². The van der Waals surface area contributed by atoms with Crippen molar-refractivity contribution in [2.45, 2.75) is 56.4 Å². The van der Waals surface area contributed by atoms with Crippen LogP contribution in [0.2, 0.25) is 0 Å². The topological polar surface area (TPSA) is 67.4 Å². The van der Waals surface area contributed by atoms with Crippen LogP contribution in [0.15, 0.2) is 35.3 Å². The van der Waals surface area contributed by atoms with Gasteiger partial charge in [-0.25, -0.2) is 0 Å². The first-order valence-electron chi connectivity index (χ1n) is 11.8. The number of benzene rings is 1. The van der Waals surface area contributed by atoms with Crippen LogP contribution in [0.4, 0.5) is 0 Å². The molecule has 7 nitrogen and oxygen atoms in total. The molecule has 3 aliphatic rings. The SMILES string of the molecule is CN=C(NCC1(NC(C)c2ccccc2)CCOCC1)N1CCOC(C2CCCO2)C1.I. The van der Waals surface area contributed by atoms with Crippen molar-refractivity contribution in [2.24, 2.45) is 4.99 Å². The molecule has 2 N–H and O–H groups in total. The number of hydrogen-bond acceptors (Lipinski definition) is 5. The Morgan fingerprint density at radius 1 is 1.12 bits per heavy atom. The highest BCUT2D eigenvalue weighted by Crippen LogP contribution is 2.25. The minimum absolute atomic E-state index is 0. The minimum Gasteiger partial charge on any atom is -0.381 e. The first kappa shape index (κ1) is 25.7. The highest BCUT2D eigenvalue weighted by atomic mass is 127. The van der Waals surface area contributed by atoms with Gasteiger partial charge in [0.15, 0.2) is 5.96 Å². The summed E-state index contributed by atoms with van der Waals surface area (Å²) in [6.07, 6.45) is 4.53. The van der Waals surface area contributed by atoms with Crippen LogP contribution >= 0.6 is 24.0 Å². The van der Waals surface area contributed by atoms with Gasteiger partial charge in [-0.15, -0.1) is 24.0 Å². The lowest BCUT2D eigenvalue weighted by Crippen LogP contribution is -2.60. The lowest BCUT2D eigenvalue weighted by atomic mass is 9.88. The second-order valence-electron chi connectivity index (χ2n) is 8.98. The molecule has 3 heterocycles. The molecule has 0 aliphatic carbocycles. The molecule has 0 amide bonds. The van der Waals surface area contributed by atoms with Crippen LogP contribution in [0, 0.1) is 0 Å². The molecule has 180 valence electrons. The smallest absolute Gasteiger partial charge is 0.193 e. The fourth-order valence-electron chi connectivity index (χ4n) is 4.99. The van der Waals surface area contributed by atoms with Gasteiger partial charge in [-0.3, -0.25) is 4.99 Å². The van der Waals surface area contributed by atoms with Gasteiger partial charge in [0.1, 0.15) is 6.10 Å². The zero-order valence-corrected chi connectivity index (χ0v) is 21.8. The molecular formula is C24H39IN4O3. The second kappa shape index (κ2) is 12.5. The molecule has 3 aliphatic heterocycles. The van der Waals surface area contributed by atoms with E-state index in [-0.39, 0.29) is 47.8 Å². The van der Waals surface area contributed by atoms with E-state index >= 15 is 0 Å². The Balaban J connectivity index is 0.00000289. The van der Waals surface area contributed by atoms with E-state index in [1.165, 1.54) is 5.56 Å². The molecule has 0 saturated carbocycles. The average Bonchev–Trinajstić information content (AvgIpc) is 3.36. The van der Waals surface area contributed by atoms with Crippen LogP contribution in [0.5, 0.6) is 0 Å². The Hall–Kier alpha value is -0.940. The van der Waals surface area contributed by atoms with E-state index in [2.05, 4.69) is 57.8 Å². The normalized spacial score (nSPS) is 26.9. The van der Waals surface area contributed by atoms with Gasteiger partial charge in [-0.1, -0.05) is 30.3 Å². The lowest BCUT2D eigenvalue weighted by molar-refractivity contribution is -0.0817. The third-order valence-electron chi connectivity index (χ3n) is 6.84. The number of hydrogen-bond donors (Lipinski definition) is 2. The van der Waals surface area contributed by atoms with Gasteiger partial charge in [0.25, 0.3) is 0 Å². The van der Waals surface area contributed by atoms with E-state index < -0.39 is 0 Å². The molecule has 3 unspecified atom stereocenters. The summed E-state index contributed by atoms with van der Waals surface area (Å²) in [4.78, 5) is 6.92. The summed E-state index contributed by atoms with van der Waals surface area (Å²) < 4.78 is 17.6. The van der Waals surface area contributed by atoms with Gasteiger partial charge in [-0.05, 0) is 38.2 Å². The van der Waals surface area contributed by atoms with Crippen molar-refractivity contribution in [2.75, 3.05) is 53.1 Å². The number of guanidine groups is 1. The van der Waals surface area contributed by atoms with Crippen LogP contribution in [-0.2, 0) is 14.2 Å². The van der Waals surface area contributed by atoms with Gasteiger partial charge in [0.05, 0.1) is 12.7 Å². The van der Waals surface area contributed by atoms with Crippen molar-refractivity contribution in [3.63, 3.8) is 0 Å². The maximum absolute atomic E-state index is 6.02. The summed E-state index contributed by atoms with van der Waals surface area (Å²) in [5, 5.41) is 7.60. The van der Waals surface area contributed by atoms with E-state index in [4.69, 9.17) is 14.2 Å². The highest BCUT2D eigenvalue weighted by molar-refractivity contribution is 14.0. The van der Waals surface area contributed by atoms with Crippen molar-refractivity contribution in [1.29, 1.82) is 0 Å². The van der Waals surface area contributed by atoms with Gasteiger partial charge >= 0.3 is 0 Å². The summed E-state index contributed by atoms with van der Waals surface area (Å²) in [6.45, 7) is 7.89. The van der Waals surface area contributed by atoms with Crippen LogP contribution < -0.4 is 10.6 Å². The van der Waals surface area contributed by atoms with Crippen molar-refractivity contribution in [1.82, 2.24) is 15.5 Å². The van der Waals surface area contributed by atoms with Crippen LogP contribution in [0.1, 0.15) is 44.2 Å². The Bertz CT molecular complexity index is 708. The molecule has 3 fully saturated rings. The van der Waals surface area contributed by atoms with Crippen molar-refractivity contribution < 1.29 is 14.2 Å². The van der Waals surface area contributed by atoms with Crippen LogP contribution in [0.25, 0.3) is 0 Å². The summed E-state index contributed by atoms with van der Waals surface area (Å²) in [7, 11) is 1.87. The molecule has 32 heavy (non-hydrogen) atoms. The minimum atomic E-state index is -0.0241. The number of nitrogens with zero attached hydrogens (tertiary/aromatic N) is 2. The number of ether oxygens (including phenoxy) is 3. The van der Waals surface area contributed by atoms with Gasteiger partial charge in [0.2, 0.25) is 0 Å². The van der Waals surface area contributed by atoms with Gasteiger partial charge < -0.3 is 29.7 Å². The van der Waals surface area contributed by atoms with Crippen molar-refractivity contribution in [3.05, 3.63) is 35.9 Å². The summed E-state index contributed by atoms with van der Waals surface area (Å²) in [5.74, 6) is 0.950. The maximum atomic E-state index is 6.02. The van der Waals surface area contributed by atoms with E-state index in [9.17, 15) is 0 Å². The molecule has 1 aromatic carbocycles. The predicted molar refractivity (Wildman–Crippen MR) is 138 cm³/mol. The van der Waals surface area contributed by atoms with Crippen LogP contribution in [0.3, 0.4) is 0 Å². The zero-order valence-electron chi connectivity index (χ0n) is 19.4. The fourth-order valence-corrected chi connectivity index (χ4v) is 4.99. The van der Waals surface area contributed by atoms with E-state index in [1.807, 2.05) is 7.05 Å². The molecule has 4 rings (SSSR count). The quantitative estimate of drug-likeness (QED) is 0.318. The predicted octanol–water partition coefficient (Wildman–Crippen LogP) is 2.96. The molecule has 3 atom stereocenters. The highest BCUT2D eigenvalue weighted by Gasteiger charge is 2.36. The number of rotatable bonds is 6. The fraction of sp³-hybridized carbons (Fsp3) is 0.708. The number of nitrogens with one attached hydrogen (secondary N) is 2. The Morgan fingerprint density at radius 3 is 2.56 bits per heavy atom. The van der Waals surface area contributed by atoms with E-state index in [0.717, 1.165) is 71.1 Å². The monoisotopic (exact) mass is 558 g/mol. The van der Waals surface area contributed by atoms with E-state index in [1.54, 1.807) is 0 Å². The third-order valence-corrected chi connectivity index (χ3v) is 6.84. The molecule has 0 radical (unpaired) electrons. The largest absolute Gasteiger partial charge is 0.381 e. The molecule has 1 aromatic rings. The molecule has 8 heteroatoms. The maximum Gasteiger partial charge on any atom is 0.193 e. The number of aliphatic imine (C=N–C) groups is 1. The summed E-state index contributed by atoms with van der Waals surface area (Å²) in [5.41, 5.74) is 1.29. The lowest BCUT2D eigenvalue weighted by Gasteiger charge is -2.42. The molecular weight excluding hydrogens is 519 g/mol. The Kier molecular flexibility index (Phi) is 10.0. The first-order valence-corrected chi connectivity index (χ1v) is 11.8.